The van der Waals surface area contributed by atoms with Gasteiger partial charge in [0.15, 0.2) is 0 Å². The van der Waals surface area contributed by atoms with E-state index in [1.54, 1.807) is 12.5 Å². The Bertz CT molecular complexity index is 594. The molecule has 0 bridgehead atoms. The van der Waals surface area contributed by atoms with Crippen LogP contribution >= 0.6 is 0 Å². The van der Waals surface area contributed by atoms with Gasteiger partial charge in [0.1, 0.15) is 12.1 Å². The van der Waals surface area contributed by atoms with Crippen molar-refractivity contribution in [2.75, 3.05) is 18.0 Å². The van der Waals surface area contributed by atoms with Crippen LogP contribution in [0, 0.1) is 5.41 Å². The first-order valence-electron chi connectivity index (χ1n) is 6.56. The van der Waals surface area contributed by atoms with Gasteiger partial charge in [-0.05, 0) is 12.5 Å². The van der Waals surface area contributed by atoms with Gasteiger partial charge in [-0.15, -0.1) is 0 Å². The molecule has 0 spiro atoms. The van der Waals surface area contributed by atoms with Crippen LogP contribution in [0.2, 0.25) is 0 Å². The molecule has 2 aromatic rings. The molecule has 0 saturated carbocycles. The average Bonchev–Trinajstić information content (AvgIpc) is 2.41. The fraction of sp³-hybridized carbons (Fsp3) is 0.500. The van der Waals surface area contributed by atoms with Gasteiger partial charge in [0.2, 0.25) is 0 Å². The quantitative estimate of drug-likeness (QED) is 0.842. The van der Waals surface area contributed by atoms with Crippen molar-refractivity contribution in [2.45, 2.75) is 26.4 Å². The normalized spacial score (nSPS) is 22.7. The summed E-state index contributed by atoms with van der Waals surface area (Å²) in [6, 6.07) is 1.89. The number of hydrogen-bond acceptors (Lipinski definition) is 5. The molecule has 19 heavy (non-hydrogen) atoms. The van der Waals surface area contributed by atoms with Gasteiger partial charge in [-0.2, -0.15) is 0 Å². The molecule has 0 aliphatic carbocycles. The molecule has 5 nitrogen and oxygen atoms in total. The molecule has 1 atom stereocenters. The summed E-state index contributed by atoms with van der Waals surface area (Å²) in [7, 11) is 0. The lowest BCUT2D eigenvalue weighted by molar-refractivity contribution is 0.0335. The van der Waals surface area contributed by atoms with Crippen LogP contribution in [-0.4, -0.2) is 39.3 Å². The summed E-state index contributed by atoms with van der Waals surface area (Å²) in [4.78, 5) is 15.1. The highest BCUT2D eigenvalue weighted by molar-refractivity contribution is 5.88. The second kappa shape index (κ2) is 4.42. The Hall–Kier alpha value is -1.75. The van der Waals surface area contributed by atoms with Crippen molar-refractivity contribution in [3.63, 3.8) is 0 Å². The summed E-state index contributed by atoms with van der Waals surface area (Å²) in [5, 5.41) is 11.0. The van der Waals surface area contributed by atoms with Gasteiger partial charge in [0.25, 0.3) is 0 Å². The highest BCUT2D eigenvalue weighted by Crippen LogP contribution is 2.33. The number of rotatable bonds is 1. The average molecular weight is 258 g/mol. The summed E-state index contributed by atoms with van der Waals surface area (Å²) in [6.07, 6.45) is 5.65. The van der Waals surface area contributed by atoms with Gasteiger partial charge >= 0.3 is 0 Å². The fourth-order valence-corrected chi connectivity index (χ4v) is 2.67. The van der Waals surface area contributed by atoms with Crippen molar-refractivity contribution < 1.29 is 5.11 Å². The van der Waals surface area contributed by atoms with E-state index >= 15 is 0 Å². The van der Waals surface area contributed by atoms with Gasteiger partial charge in [0, 0.05) is 30.9 Å². The van der Waals surface area contributed by atoms with Gasteiger partial charge in [-0.25, -0.2) is 15.0 Å². The summed E-state index contributed by atoms with van der Waals surface area (Å²) < 4.78 is 0. The van der Waals surface area contributed by atoms with E-state index in [0.29, 0.717) is 0 Å². The topological polar surface area (TPSA) is 62.1 Å². The van der Waals surface area contributed by atoms with Crippen molar-refractivity contribution in [3.05, 3.63) is 24.8 Å². The SMILES string of the molecule is CC1(C)CN(c2nccc3ncncc23)CCC1O. The Labute approximate surface area is 112 Å². The van der Waals surface area contributed by atoms with Crippen molar-refractivity contribution in [1.82, 2.24) is 15.0 Å². The number of aliphatic hydroxyl groups excluding tert-OH is 1. The van der Waals surface area contributed by atoms with Crippen LogP contribution in [0.3, 0.4) is 0 Å². The zero-order valence-corrected chi connectivity index (χ0v) is 11.2. The van der Waals surface area contributed by atoms with Crippen LogP contribution in [0.25, 0.3) is 10.9 Å². The minimum Gasteiger partial charge on any atom is -0.392 e. The van der Waals surface area contributed by atoms with E-state index in [-0.39, 0.29) is 11.5 Å². The Morgan fingerprint density at radius 1 is 1.37 bits per heavy atom. The molecule has 5 heteroatoms. The number of fused-ring (bicyclic) bond motifs is 1. The molecule has 3 rings (SSSR count). The molecule has 1 unspecified atom stereocenters. The van der Waals surface area contributed by atoms with Crippen LogP contribution in [-0.2, 0) is 0 Å². The molecule has 1 N–H and O–H groups in total. The Balaban J connectivity index is 2.01. The minimum absolute atomic E-state index is 0.127. The van der Waals surface area contributed by atoms with Crippen molar-refractivity contribution in [2.24, 2.45) is 5.41 Å². The number of piperidine rings is 1. The van der Waals surface area contributed by atoms with Crippen molar-refractivity contribution in [3.8, 4) is 0 Å². The van der Waals surface area contributed by atoms with E-state index in [9.17, 15) is 5.11 Å². The first-order chi connectivity index (χ1) is 9.08. The van der Waals surface area contributed by atoms with Crippen molar-refractivity contribution in [1.29, 1.82) is 0 Å². The maximum Gasteiger partial charge on any atom is 0.139 e. The van der Waals surface area contributed by atoms with Gasteiger partial charge in [-0.3, -0.25) is 0 Å². The second-order valence-electron chi connectivity index (χ2n) is 5.80. The second-order valence-corrected chi connectivity index (χ2v) is 5.80. The molecule has 3 heterocycles. The lowest BCUT2D eigenvalue weighted by atomic mass is 9.81. The molecular weight excluding hydrogens is 240 g/mol. The number of pyridine rings is 1. The van der Waals surface area contributed by atoms with Gasteiger partial charge in [0.05, 0.1) is 17.0 Å². The standard InChI is InChI=1S/C14H18N4O/c1-14(2)8-18(6-4-12(14)19)13-10-7-15-9-17-11(10)3-5-16-13/h3,5,7,9,12,19H,4,6,8H2,1-2H3. The Morgan fingerprint density at radius 3 is 3.00 bits per heavy atom. The lowest BCUT2D eigenvalue weighted by Gasteiger charge is -2.42. The van der Waals surface area contributed by atoms with E-state index in [2.05, 4.69) is 33.7 Å². The van der Waals surface area contributed by atoms with E-state index in [1.165, 1.54) is 0 Å². The third kappa shape index (κ3) is 2.14. The molecule has 0 aromatic carbocycles. The maximum absolute atomic E-state index is 10.0. The number of anilines is 1. The maximum atomic E-state index is 10.0. The van der Waals surface area contributed by atoms with Crippen molar-refractivity contribution >= 4 is 16.7 Å². The predicted molar refractivity (Wildman–Crippen MR) is 74.0 cm³/mol. The van der Waals surface area contributed by atoms with E-state index in [0.717, 1.165) is 36.2 Å². The van der Waals surface area contributed by atoms with E-state index in [1.807, 2.05) is 12.3 Å². The molecular formula is C14H18N4O. The molecule has 1 aliphatic rings. The van der Waals surface area contributed by atoms with Crippen LogP contribution in [0.1, 0.15) is 20.3 Å². The molecule has 2 aromatic heterocycles. The molecule has 100 valence electrons. The first kappa shape index (κ1) is 12.3. The van der Waals surface area contributed by atoms with Crippen LogP contribution in [0.15, 0.2) is 24.8 Å². The van der Waals surface area contributed by atoms with E-state index < -0.39 is 0 Å². The molecule has 1 aliphatic heterocycles. The van der Waals surface area contributed by atoms with Crippen LogP contribution < -0.4 is 4.90 Å². The van der Waals surface area contributed by atoms with E-state index in [4.69, 9.17) is 0 Å². The zero-order chi connectivity index (χ0) is 13.5. The lowest BCUT2D eigenvalue weighted by Crippen LogP contribution is -2.49. The molecule has 0 amide bonds. The summed E-state index contributed by atoms with van der Waals surface area (Å²) in [5.41, 5.74) is 0.779. The number of nitrogens with zero attached hydrogens (tertiary/aromatic N) is 4. The van der Waals surface area contributed by atoms with Crippen LogP contribution in [0.4, 0.5) is 5.82 Å². The molecule has 1 saturated heterocycles. The van der Waals surface area contributed by atoms with Crippen LogP contribution in [0.5, 0.6) is 0 Å². The largest absolute Gasteiger partial charge is 0.392 e. The third-order valence-electron chi connectivity index (χ3n) is 3.89. The Kier molecular flexibility index (Phi) is 2.86. The molecule has 0 radical (unpaired) electrons. The predicted octanol–water partition coefficient (Wildman–Crippen LogP) is 1.62. The minimum atomic E-state index is -0.255. The first-order valence-corrected chi connectivity index (χ1v) is 6.56. The smallest absolute Gasteiger partial charge is 0.139 e. The summed E-state index contributed by atoms with van der Waals surface area (Å²) in [6.45, 7) is 5.78. The number of aromatic nitrogens is 3. The third-order valence-corrected chi connectivity index (χ3v) is 3.89. The summed E-state index contributed by atoms with van der Waals surface area (Å²) in [5.74, 6) is 0.915. The summed E-state index contributed by atoms with van der Waals surface area (Å²) >= 11 is 0. The highest BCUT2D eigenvalue weighted by Gasteiger charge is 2.35. The molecule has 1 fully saturated rings. The fourth-order valence-electron chi connectivity index (χ4n) is 2.67. The number of aliphatic hydroxyl groups is 1. The van der Waals surface area contributed by atoms with Gasteiger partial charge in [-0.1, -0.05) is 13.8 Å². The number of hydrogen-bond donors (Lipinski definition) is 1. The van der Waals surface area contributed by atoms with Gasteiger partial charge < -0.3 is 10.0 Å². The Morgan fingerprint density at radius 2 is 2.21 bits per heavy atom. The zero-order valence-electron chi connectivity index (χ0n) is 11.2. The highest BCUT2D eigenvalue weighted by atomic mass is 16.3. The monoisotopic (exact) mass is 258 g/mol.